The predicted molar refractivity (Wildman–Crippen MR) is 110 cm³/mol. The Morgan fingerprint density at radius 2 is 1.50 bits per heavy atom. The van der Waals surface area contributed by atoms with Gasteiger partial charge in [-0.3, -0.25) is 0 Å². The van der Waals surface area contributed by atoms with Crippen molar-refractivity contribution in [3.63, 3.8) is 0 Å². The summed E-state index contributed by atoms with van der Waals surface area (Å²) in [5.41, 5.74) is 1.85. The van der Waals surface area contributed by atoms with Crippen LogP contribution < -0.4 is 0 Å². The lowest BCUT2D eigenvalue weighted by molar-refractivity contribution is -0.0624. The molecule has 1 amide bonds. The van der Waals surface area contributed by atoms with Gasteiger partial charge in [0.05, 0.1) is 5.60 Å². The summed E-state index contributed by atoms with van der Waals surface area (Å²) in [7, 11) is 0. The van der Waals surface area contributed by atoms with Crippen LogP contribution in [0.25, 0.3) is 11.1 Å². The van der Waals surface area contributed by atoms with Crippen molar-refractivity contribution in [2.24, 2.45) is 0 Å². The summed E-state index contributed by atoms with van der Waals surface area (Å²) in [5.74, 6) is 0. The molecule has 2 heterocycles. The van der Waals surface area contributed by atoms with Crippen LogP contribution in [0, 0.1) is 0 Å². The number of benzene rings is 2. The molecule has 0 spiro atoms. The minimum Gasteiger partial charge on any atom is -0.444 e. The fraction of sp³-hybridized carbons (Fsp3) is 0.458. The van der Waals surface area contributed by atoms with Gasteiger partial charge >= 0.3 is 6.09 Å². The van der Waals surface area contributed by atoms with Crippen molar-refractivity contribution < 1.29 is 14.6 Å². The number of amides is 1. The molecule has 0 radical (unpaired) electrons. The molecule has 2 saturated heterocycles. The van der Waals surface area contributed by atoms with Gasteiger partial charge in [-0.25, -0.2) is 4.79 Å². The molecule has 2 atom stereocenters. The van der Waals surface area contributed by atoms with Crippen LogP contribution >= 0.6 is 0 Å². The summed E-state index contributed by atoms with van der Waals surface area (Å²) >= 11 is 0. The number of fused-ring (bicyclic) bond motifs is 2. The number of aliphatic hydroxyl groups is 1. The van der Waals surface area contributed by atoms with Crippen LogP contribution in [0.5, 0.6) is 0 Å². The molecule has 1 N–H and O–H groups in total. The van der Waals surface area contributed by atoms with E-state index in [4.69, 9.17) is 4.74 Å². The highest BCUT2D eigenvalue weighted by Crippen LogP contribution is 2.46. The third-order valence-electron chi connectivity index (χ3n) is 5.90. The lowest BCUT2D eigenvalue weighted by Crippen LogP contribution is -2.53. The first-order chi connectivity index (χ1) is 13.3. The summed E-state index contributed by atoms with van der Waals surface area (Å²) in [6, 6.07) is 18.5. The summed E-state index contributed by atoms with van der Waals surface area (Å²) < 4.78 is 5.60. The van der Waals surface area contributed by atoms with Crippen LogP contribution in [0.4, 0.5) is 4.79 Å². The zero-order chi connectivity index (χ0) is 19.9. The predicted octanol–water partition coefficient (Wildman–Crippen LogP) is 5.10. The Morgan fingerprint density at radius 1 is 0.964 bits per heavy atom. The SMILES string of the molecule is CC(C)(C)OC(=O)N1C2CCC1CC(O)(c1ccc(-c3ccccc3)cc1)C2. The first-order valence-corrected chi connectivity index (χ1v) is 10.1. The number of carbonyl (C=O) groups is 1. The Kier molecular flexibility index (Phi) is 4.70. The number of ether oxygens (including phenoxy) is 1. The van der Waals surface area contributed by atoms with Crippen molar-refractivity contribution in [1.29, 1.82) is 0 Å². The van der Waals surface area contributed by atoms with E-state index < -0.39 is 11.2 Å². The van der Waals surface area contributed by atoms with E-state index in [2.05, 4.69) is 24.3 Å². The molecule has 28 heavy (non-hydrogen) atoms. The second-order valence-corrected chi connectivity index (χ2v) is 9.16. The minimum absolute atomic E-state index is 0.0346. The standard InChI is InChI=1S/C24H29NO3/c1-23(2,3)28-22(26)25-20-13-14-21(25)16-24(27,15-20)19-11-9-18(10-12-19)17-7-5-4-6-8-17/h4-12,20-21,27H,13-16H2,1-3H3. The molecule has 148 valence electrons. The van der Waals surface area contributed by atoms with E-state index in [1.807, 2.05) is 56.0 Å². The van der Waals surface area contributed by atoms with E-state index in [1.54, 1.807) is 0 Å². The highest BCUT2D eigenvalue weighted by Gasteiger charge is 2.51. The first-order valence-electron chi connectivity index (χ1n) is 10.1. The fourth-order valence-corrected chi connectivity index (χ4v) is 4.68. The van der Waals surface area contributed by atoms with Crippen molar-refractivity contribution in [3.8, 4) is 11.1 Å². The maximum Gasteiger partial charge on any atom is 0.410 e. The largest absolute Gasteiger partial charge is 0.444 e. The average molecular weight is 380 g/mol. The quantitative estimate of drug-likeness (QED) is 0.789. The molecule has 4 heteroatoms. The van der Waals surface area contributed by atoms with Crippen molar-refractivity contribution >= 4 is 6.09 Å². The van der Waals surface area contributed by atoms with E-state index in [9.17, 15) is 9.90 Å². The van der Waals surface area contributed by atoms with Crippen molar-refractivity contribution in [2.75, 3.05) is 0 Å². The molecule has 4 rings (SSSR count). The van der Waals surface area contributed by atoms with E-state index >= 15 is 0 Å². The van der Waals surface area contributed by atoms with Gasteiger partial charge in [-0.15, -0.1) is 0 Å². The first kappa shape index (κ1) is 19.0. The van der Waals surface area contributed by atoms with Crippen LogP contribution in [0.3, 0.4) is 0 Å². The van der Waals surface area contributed by atoms with Gasteiger partial charge in [-0.05, 0) is 50.3 Å². The van der Waals surface area contributed by atoms with Crippen LogP contribution in [0.2, 0.25) is 0 Å². The van der Waals surface area contributed by atoms with Gasteiger partial charge < -0.3 is 14.7 Å². The number of hydrogen-bond acceptors (Lipinski definition) is 3. The van der Waals surface area contributed by atoms with E-state index in [-0.39, 0.29) is 18.2 Å². The maximum absolute atomic E-state index is 12.6. The molecular formula is C24H29NO3. The molecule has 2 aromatic carbocycles. The minimum atomic E-state index is -0.889. The number of piperidine rings is 1. The average Bonchev–Trinajstić information content (AvgIpc) is 2.94. The Hall–Kier alpha value is -2.33. The van der Waals surface area contributed by atoms with Gasteiger partial charge in [-0.2, -0.15) is 0 Å². The summed E-state index contributed by atoms with van der Waals surface area (Å²) in [5, 5.41) is 11.4. The topological polar surface area (TPSA) is 49.8 Å². The molecule has 2 aliphatic rings. The molecule has 4 nitrogen and oxygen atoms in total. The Bertz CT molecular complexity index is 824. The molecule has 2 bridgehead atoms. The molecule has 0 aromatic heterocycles. The molecule has 2 fully saturated rings. The highest BCUT2D eigenvalue weighted by molar-refractivity contribution is 5.70. The van der Waals surface area contributed by atoms with Crippen LogP contribution in [-0.4, -0.2) is 33.8 Å². The number of hydrogen-bond donors (Lipinski definition) is 1. The number of nitrogens with zero attached hydrogens (tertiary/aromatic N) is 1. The smallest absolute Gasteiger partial charge is 0.410 e. The van der Waals surface area contributed by atoms with Gasteiger partial charge in [0.1, 0.15) is 5.60 Å². The van der Waals surface area contributed by atoms with Crippen LogP contribution in [0.1, 0.15) is 52.0 Å². The third-order valence-corrected chi connectivity index (χ3v) is 5.90. The molecule has 2 aliphatic heterocycles. The van der Waals surface area contributed by atoms with Gasteiger partial charge in [0, 0.05) is 24.9 Å². The summed E-state index contributed by atoms with van der Waals surface area (Å²) in [4.78, 5) is 14.5. The summed E-state index contributed by atoms with van der Waals surface area (Å²) in [6.07, 6.45) is 2.73. The van der Waals surface area contributed by atoms with E-state index in [1.165, 1.54) is 5.56 Å². The highest BCUT2D eigenvalue weighted by atomic mass is 16.6. The lowest BCUT2D eigenvalue weighted by atomic mass is 9.80. The van der Waals surface area contributed by atoms with Crippen LogP contribution in [-0.2, 0) is 10.3 Å². The van der Waals surface area contributed by atoms with Crippen molar-refractivity contribution in [3.05, 3.63) is 60.2 Å². The third kappa shape index (κ3) is 3.66. The second-order valence-electron chi connectivity index (χ2n) is 9.16. The number of carbonyl (C=O) groups excluding carboxylic acids is 1. The Balaban J connectivity index is 1.52. The van der Waals surface area contributed by atoms with Gasteiger partial charge in [0.2, 0.25) is 0 Å². The van der Waals surface area contributed by atoms with E-state index in [0.717, 1.165) is 24.0 Å². The van der Waals surface area contributed by atoms with Crippen molar-refractivity contribution in [2.45, 2.75) is 69.7 Å². The lowest BCUT2D eigenvalue weighted by Gasteiger charge is -2.44. The summed E-state index contributed by atoms with van der Waals surface area (Å²) in [6.45, 7) is 5.67. The zero-order valence-electron chi connectivity index (χ0n) is 16.9. The molecule has 2 unspecified atom stereocenters. The van der Waals surface area contributed by atoms with Gasteiger partial charge in [-0.1, -0.05) is 54.6 Å². The second kappa shape index (κ2) is 6.93. The van der Waals surface area contributed by atoms with E-state index in [0.29, 0.717) is 12.8 Å². The monoisotopic (exact) mass is 379 g/mol. The molecule has 2 aromatic rings. The van der Waals surface area contributed by atoms with Gasteiger partial charge in [0.15, 0.2) is 0 Å². The number of rotatable bonds is 2. The maximum atomic E-state index is 12.6. The zero-order valence-corrected chi connectivity index (χ0v) is 16.9. The molecule has 0 aliphatic carbocycles. The Labute approximate surface area is 167 Å². The normalized spacial score (nSPS) is 26.9. The van der Waals surface area contributed by atoms with Crippen LogP contribution in [0.15, 0.2) is 54.6 Å². The Morgan fingerprint density at radius 3 is 2.04 bits per heavy atom. The molecule has 0 saturated carbocycles. The van der Waals surface area contributed by atoms with Gasteiger partial charge in [0.25, 0.3) is 0 Å². The molecular weight excluding hydrogens is 350 g/mol. The van der Waals surface area contributed by atoms with Crippen molar-refractivity contribution in [1.82, 2.24) is 4.90 Å². The fourth-order valence-electron chi connectivity index (χ4n) is 4.68.